The van der Waals surface area contributed by atoms with Gasteiger partial charge < -0.3 is 15.8 Å². The van der Waals surface area contributed by atoms with Crippen LogP contribution in [0.3, 0.4) is 0 Å². The Labute approximate surface area is 96.7 Å². The molecule has 0 heterocycles. The molecule has 0 saturated heterocycles. The van der Waals surface area contributed by atoms with Gasteiger partial charge >= 0.3 is 0 Å². The topological polar surface area (TPSA) is 81.4 Å². The van der Waals surface area contributed by atoms with Crippen LogP contribution < -0.4 is 11.1 Å². The summed E-state index contributed by atoms with van der Waals surface area (Å²) in [5.74, 6) is -0.686. The largest absolute Gasteiger partial charge is 0.377 e. The second-order valence-electron chi connectivity index (χ2n) is 4.11. The van der Waals surface area contributed by atoms with E-state index in [1.54, 1.807) is 6.92 Å². The molecule has 0 rings (SSSR count). The summed E-state index contributed by atoms with van der Waals surface area (Å²) < 4.78 is 5.27. The number of carbonyl (C=O) groups excluding carboxylic acids is 2. The van der Waals surface area contributed by atoms with E-state index in [9.17, 15) is 9.59 Å². The number of rotatable bonds is 8. The quantitative estimate of drug-likeness (QED) is 0.593. The van der Waals surface area contributed by atoms with E-state index in [2.05, 4.69) is 5.32 Å². The van der Waals surface area contributed by atoms with Crippen molar-refractivity contribution in [1.29, 1.82) is 0 Å². The molecular weight excluding hydrogens is 208 g/mol. The summed E-state index contributed by atoms with van der Waals surface area (Å²) >= 11 is 0. The van der Waals surface area contributed by atoms with Crippen LogP contribution in [0.2, 0.25) is 0 Å². The van der Waals surface area contributed by atoms with Crippen molar-refractivity contribution in [3.05, 3.63) is 0 Å². The van der Waals surface area contributed by atoms with E-state index >= 15 is 0 Å². The van der Waals surface area contributed by atoms with Crippen molar-refractivity contribution >= 4 is 11.8 Å². The molecule has 0 bridgehead atoms. The first kappa shape index (κ1) is 14.9. The predicted molar refractivity (Wildman–Crippen MR) is 61.7 cm³/mol. The monoisotopic (exact) mass is 230 g/mol. The third-order valence-electron chi connectivity index (χ3n) is 2.17. The van der Waals surface area contributed by atoms with Crippen LogP contribution in [0, 0.1) is 5.92 Å². The number of ether oxygens (including phenoxy) is 1. The third kappa shape index (κ3) is 8.23. The molecule has 0 aromatic rings. The minimum Gasteiger partial charge on any atom is -0.377 e. The van der Waals surface area contributed by atoms with E-state index in [0.717, 1.165) is 0 Å². The zero-order chi connectivity index (χ0) is 12.6. The van der Waals surface area contributed by atoms with Crippen LogP contribution in [0.1, 0.15) is 33.6 Å². The average Bonchev–Trinajstić information content (AvgIpc) is 2.20. The molecule has 0 unspecified atom stereocenters. The van der Waals surface area contributed by atoms with Gasteiger partial charge in [-0.05, 0) is 20.3 Å². The molecule has 5 nitrogen and oxygen atoms in total. The Bertz CT molecular complexity index is 229. The van der Waals surface area contributed by atoms with Crippen molar-refractivity contribution < 1.29 is 14.3 Å². The lowest BCUT2D eigenvalue weighted by Gasteiger charge is -2.09. The van der Waals surface area contributed by atoms with Crippen LogP contribution >= 0.6 is 0 Å². The maximum atomic E-state index is 11.3. The first-order valence-electron chi connectivity index (χ1n) is 5.61. The minimum atomic E-state index is -0.365. The average molecular weight is 230 g/mol. The molecule has 0 saturated carbocycles. The molecule has 3 N–H and O–H groups in total. The third-order valence-corrected chi connectivity index (χ3v) is 2.17. The lowest BCUT2D eigenvalue weighted by molar-refractivity contribution is -0.123. The van der Waals surface area contributed by atoms with Crippen molar-refractivity contribution in [1.82, 2.24) is 5.32 Å². The van der Waals surface area contributed by atoms with Gasteiger partial charge in [-0.3, -0.25) is 9.59 Å². The van der Waals surface area contributed by atoms with Gasteiger partial charge in [0.1, 0.15) is 0 Å². The highest BCUT2D eigenvalue weighted by Crippen LogP contribution is 2.03. The Hall–Kier alpha value is -1.10. The number of nitrogens with one attached hydrogen (secondary N) is 1. The summed E-state index contributed by atoms with van der Waals surface area (Å²) in [5.41, 5.74) is 5.09. The Balaban J connectivity index is 3.48. The van der Waals surface area contributed by atoms with Gasteiger partial charge in [-0.15, -0.1) is 0 Å². The second-order valence-corrected chi connectivity index (χ2v) is 4.11. The SMILES string of the molecule is CC(C)OCCNC(=O)CC[C@H](C)C(N)=O. The highest BCUT2D eigenvalue weighted by molar-refractivity contribution is 5.79. The number of hydrogen-bond donors (Lipinski definition) is 2. The number of amides is 2. The number of nitrogens with two attached hydrogens (primary N) is 1. The van der Waals surface area contributed by atoms with Crippen LogP contribution in [-0.4, -0.2) is 31.1 Å². The predicted octanol–water partition coefficient (Wildman–Crippen LogP) is 0.429. The van der Waals surface area contributed by atoms with Crippen molar-refractivity contribution in [3.63, 3.8) is 0 Å². The van der Waals surface area contributed by atoms with Gasteiger partial charge in [0.25, 0.3) is 0 Å². The van der Waals surface area contributed by atoms with Gasteiger partial charge in [0.15, 0.2) is 0 Å². The summed E-state index contributed by atoms with van der Waals surface area (Å²) in [4.78, 5) is 22.0. The molecule has 0 aliphatic carbocycles. The Morgan fingerprint density at radius 2 is 1.94 bits per heavy atom. The van der Waals surface area contributed by atoms with E-state index in [0.29, 0.717) is 26.0 Å². The molecule has 16 heavy (non-hydrogen) atoms. The van der Waals surface area contributed by atoms with E-state index < -0.39 is 0 Å². The first-order valence-corrected chi connectivity index (χ1v) is 5.61. The molecule has 0 aromatic carbocycles. The zero-order valence-electron chi connectivity index (χ0n) is 10.3. The number of carbonyl (C=O) groups is 2. The molecule has 0 aliphatic heterocycles. The molecule has 1 atom stereocenters. The van der Waals surface area contributed by atoms with Gasteiger partial charge in [0, 0.05) is 18.9 Å². The van der Waals surface area contributed by atoms with Gasteiger partial charge in [-0.1, -0.05) is 6.92 Å². The van der Waals surface area contributed by atoms with Gasteiger partial charge in [-0.25, -0.2) is 0 Å². The van der Waals surface area contributed by atoms with E-state index in [1.807, 2.05) is 13.8 Å². The van der Waals surface area contributed by atoms with Crippen LogP contribution in [0.4, 0.5) is 0 Å². The van der Waals surface area contributed by atoms with Gasteiger partial charge in [0.2, 0.25) is 11.8 Å². The molecule has 0 fully saturated rings. The maximum Gasteiger partial charge on any atom is 0.220 e. The van der Waals surface area contributed by atoms with Crippen LogP contribution in [0.5, 0.6) is 0 Å². The fraction of sp³-hybridized carbons (Fsp3) is 0.818. The fourth-order valence-corrected chi connectivity index (χ4v) is 1.06. The smallest absolute Gasteiger partial charge is 0.220 e. The number of primary amides is 1. The molecule has 0 spiro atoms. The van der Waals surface area contributed by atoms with Crippen molar-refractivity contribution in [2.45, 2.75) is 39.7 Å². The van der Waals surface area contributed by atoms with Crippen molar-refractivity contribution in [2.75, 3.05) is 13.2 Å². The Morgan fingerprint density at radius 1 is 1.31 bits per heavy atom. The van der Waals surface area contributed by atoms with E-state index in [4.69, 9.17) is 10.5 Å². The van der Waals surface area contributed by atoms with E-state index in [1.165, 1.54) is 0 Å². The number of hydrogen-bond acceptors (Lipinski definition) is 3. The van der Waals surface area contributed by atoms with Gasteiger partial charge in [0.05, 0.1) is 12.7 Å². The highest BCUT2D eigenvalue weighted by atomic mass is 16.5. The lowest BCUT2D eigenvalue weighted by Crippen LogP contribution is -2.29. The van der Waals surface area contributed by atoms with Gasteiger partial charge in [-0.2, -0.15) is 0 Å². The second kappa shape index (κ2) is 8.10. The van der Waals surface area contributed by atoms with Crippen LogP contribution in [-0.2, 0) is 14.3 Å². The fourth-order valence-electron chi connectivity index (χ4n) is 1.06. The summed E-state index contributed by atoms with van der Waals surface area (Å²) in [6.07, 6.45) is 0.990. The first-order chi connectivity index (χ1) is 7.43. The van der Waals surface area contributed by atoms with Crippen LogP contribution in [0.25, 0.3) is 0 Å². The van der Waals surface area contributed by atoms with Crippen molar-refractivity contribution in [3.8, 4) is 0 Å². The zero-order valence-corrected chi connectivity index (χ0v) is 10.3. The normalized spacial score (nSPS) is 12.5. The molecular formula is C11H22N2O3. The summed E-state index contributed by atoms with van der Waals surface area (Å²) in [7, 11) is 0. The molecule has 94 valence electrons. The minimum absolute atomic E-state index is 0.0690. The van der Waals surface area contributed by atoms with E-state index in [-0.39, 0.29) is 23.8 Å². The van der Waals surface area contributed by atoms with Crippen LogP contribution in [0.15, 0.2) is 0 Å². The lowest BCUT2D eigenvalue weighted by atomic mass is 10.1. The molecule has 0 radical (unpaired) electrons. The standard InChI is InChI=1S/C11H22N2O3/c1-8(2)16-7-6-13-10(14)5-4-9(3)11(12)15/h8-9H,4-7H2,1-3H3,(H2,12,15)(H,13,14)/t9-/m0/s1. The summed E-state index contributed by atoms with van der Waals surface area (Å²) in [6, 6.07) is 0. The maximum absolute atomic E-state index is 11.3. The summed E-state index contributed by atoms with van der Waals surface area (Å²) in [5, 5.41) is 2.72. The molecule has 0 aromatic heterocycles. The Kier molecular flexibility index (Phi) is 7.54. The Morgan fingerprint density at radius 3 is 2.44 bits per heavy atom. The highest BCUT2D eigenvalue weighted by Gasteiger charge is 2.10. The summed E-state index contributed by atoms with van der Waals surface area (Å²) in [6.45, 7) is 6.61. The molecule has 5 heteroatoms. The molecule has 2 amide bonds. The van der Waals surface area contributed by atoms with Crippen molar-refractivity contribution in [2.24, 2.45) is 11.7 Å². The molecule has 0 aliphatic rings.